The Kier molecular flexibility index (Phi) is 7.26. The molecule has 0 bridgehead atoms. The SMILES string of the molecule is c1ccc2c(c1)CC1(C2)c2ccccc2-c2ccc(-c3ccc4c5ccccc5c5c6cc(-c7ccc8c(c7)C7(Cc9ccccc9C7)c7ccccc7-8)ccc6c6ccccc6c5c4c3)cc21. The van der Waals surface area contributed by atoms with E-state index in [1.807, 2.05) is 0 Å². The van der Waals surface area contributed by atoms with E-state index in [9.17, 15) is 0 Å². The summed E-state index contributed by atoms with van der Waals surface area (Å²) in [5, 5.41) is 13.1. The Balaban J connectivity index is 0.914. The molecule has 0 aliphatic heterocycles. The number of benzene rings is 12. The monoisotopic (exact) mass is 860 g/mol. The molecule has 0 N–H and O–H groups in total. The van der Waals surface area contributed by atoms with Gasteiger partial charge in [0.25, 0.3) is 0 Å². The molecule has 0 saturated heterocycles. The highest BCUT2D eigenvalue weighted by Crippen LogP contribution is 2.58. The fourth-order valence-corrected chi connectivity index (χ4v) is 14.3. The van der Waals surface area contributed by atoms with Crippen molar-refractivity contribution in [3.8, 4) is 44.5 Å². The summed E-state index contributed by atoms with van der Waals surface area (Å²) in [5.74, 6) is 0. The third-order valence-electron chi connectivity index (χ3n) is 17.2. The number of hydrogen-bond acceptors (Lipinski definition) is 0. The molecule has 0 heteroatoms. The molecular formula is C68H44. The van der Waals surface area contributed by atoms with Crippen LogP contribution in [0.1, 0.15) is 44.5 Å². The van der Waals surface area contributed by atoms with Crippen molar-refractivity contribution in [3.05, 3.63) is 263 Å². The third-order valence-corrected chi connectivity index (χ3v) is 17.2. The van der Waals surface area contributed by atoms with Gasteiger partial charge in [-0.3, -0.25) is 0 Å². The Morgan fingerprint density at radius 3 is 0.956 bits per heavy atom. The Hall–Kier alpha value is -8.06. The summed E-state index contributed by atoms with van der Waals surface area (Å²) >= 11 is 0. The summed E-state index contributed by atoms with van der Waals surface area (Å²) in [6, 6.07) is 84.2. The lowest BCUT2D eigenvalue weighted by atomic mass is 9.75. The van der Waals surface area contributed by atoms with Crippen molar-refractivity contribution in [2.45, 2.75) is 36.5 Å². The lowest BCUT2D eigenvalue weighted by molar-refractivity contribution is 0.563. The predicted octanol–water partition coefficient (Wildman–Crippen LogP) is 16.9. The summed E-state index contributed by atoms with van der Waals surface area (Å²) in [4.78, 5) is 0. The lowest BCUT2D eigenvalue weighted by Crippen LogP contribution is -2.25. The van der Waals surface area contributed by atoms with Crippen molar-refractivity contribution in [2.75, 3.05) is 0 Å². The molecule has 316 valence electrons. The summed E-state index contributed by atoms with van der Waals surface area (Å²) < 4.78 is 0. The zero-order valence-corrected chi connectivity index (χ0v) is 37.6. The lowest BCUT2D eigenvalue weighted by Gasteiger charge is -2.27. The predicted molar refractivity (Wildman–Crippen MR) is 285 cm³/mol. The van der Waals surface area contributed by atoms with Crippen LogP contribution in [0.15, 0.2) is 218 Å². The van der Waals surface area contributed by atoms with Crippen molar-refractivity contribution in [1.29, 1.82) is 0 Å². The van der Waals surface area contributed by atoms with Crippen LogP contribution in [0.25, 0.3) is 98.4 Å². The fourth-order valence-electron chi connectivity index (χ4n) is 14.3. The van der Waals surface area contributed by atoms with Gasteiger partial charge in [-0.25, -0.2) is 0 Å². The van der Waals surface area contributed by atoms with Crippen LogP contribution in [0.2, 0.25) is 0 Å². The Labute approximate surface area is 395 Å². The summed E-state index contributed by atoms with van der Waals surface area (Å²) in [7, 11) is 0. The van der Waals surface area contributed by atoms with Crippen LogP contribution in [-0.4, -0.2) is 0 Å². The van der Waals surface area contributed by atoms with Crippen LogP contribution in [0.3, 0.4) is 0 Å². The number of hydrogen-bond donors (Lipinski definition) is 0. The molecule has 2 spiro atoms. The first-order valence-corrected chi connectivity index (χ1v) is 24.5. The molecule has 0 saturated carbocycles. The van der Waals surface area contributed by atoms with Crippen LogP contribution >= 0.6 is 0 Å². The minimum Gasteiger partial charge on any atom is -0.0620 e. The molecule has 12 aromatic carbocycles. The molecule has 4 aliphatic rings. The first kappa shape index (κ1) is 37.1. The molecular weight excluding hydrogens is 817 g/mol. The van der Waals surface area contributed by atoms with E-state index in [-0.39, 0.29) is 10.8 Å². The molecule has 0 atom stereocenters. The third kappa shape index (κ3) is 4.79. The largest absolute Gasteiger partial charge is 0.0620 e. The van der Waals surface area contributed by atoms with Gasteiger partial charge >= 0.3 is 0 Å². The van der Waals surface area contributed by atoms with Crippen LogP contribution in [-0.2, 0) is 36.5 Å². The summed E-state index contributed by atoms with van der Waals surface area (Å²) in [6.45, 7) is 0. The van der Waals surface area contributed by atoms with Gasteiger partial charge in [0, 0.05) is 10.8 Å². The van der Waals surface area contributed by atoms with Crippen molar-refractivity contribution in [2.24, 2.45) is 0 Å². The summed E-state index contributed by atoms with van der Waals surface area (Å²) in [6.07, 6.45) is 4.17. The van der Waals surface area contributed by atoms with Gasteiger partial charge in [0.2, 0.25) is 0 Å². The Bertz CT molecular complexity index is 3890. The van der Waals surface area contributed by atoms with Crippen LogP contribution < -0.4 is 0 Å². The van der Waals surface area contributed by atoms with Gasteiger partial charge in [-0.05, 0) is 193 Å². The van der Waals surface area contributed by atoms with Gasteiger partial charge in [0.1, 0.15) is 0 Å². The van der Waals surface area contributed by atoms with E-state index in [0.717, 1.165) is 25.7 Å². The zero-order chi connectivity index (χ0) is 44.3. The second-order valence-corrected chi connectivity index (χ2v) is 20.4. The normalized spacial score (nSPS) is 15.4. The topological polar surface area (TPSA) is 0 Å². The van der Waals surface area contributed by atoms with Crippen molar-refractivity contribution >= 4 is 53.9 Å². The van der Waals surface area contributed by atoms with Crippen molar-refractivity contribution < 1.29 is 0 Å². The van der Waals surface area contributed by atoms with Gasteiger partial charge in [-0.15, -0.1) is 0 Å². The van der Waals surface area contributed by atoms with Crippen molar-refractivity contribution in [3.63, 3.8) is 0 Å². The van der Waals surface area contributed by atoms with Gasteiger partial charge in [-0.2, -0.15) is 0 Å². The van der Waals surface area contributed by atoms with Crippen LogP contribution in [0.5, 0.6) is 0 Å². The average molecular weight is 861 g/mol. The van der Waals surface area contributed by atoms with E-state index < -0.39 is 0 Å². The molecule has 16 rings (SSSR count). The first-order valence-electron chi connectivity index (χ1n) is 24.5. The van der Waals surface area contributed by atoms with E-state index in [0.29, 0.717) is 0 Å². The van der Waals surface area contributed by atoms with Crippen LogP contribution in [0.4, 0.5) is 0 Å². The number of rotatable bonds is 2. The van der Waals surface area contributed by atoms with Gasteiger partial charge < -0.3 is 0 Å². The molecule has 4 aliphatic carbocycles. The maximum atomic E-state index is 2.55. The molecule has 0 nitrogen and oxygen atoms in total. The molecule has 0 aromatic heterocycles. The molecule has 0 fully saturated rings. The van der Waals surface area contributed by atoms with Gasteiger partial charge in [0.05, 0.1) is 0 Å². The van der Waals surface area contributed by atoms with E-state index in [1.165, 1.54) is 143 Å². The molecule has 0 heterocycles. The van der Waals surface area contributed by atoms with E-state index in [4.69, 9.17) is 0 Å². The van der Waals surface area contributed by atoms with E-state index in [1.54, 1.807) is 0 Å². The maximum Gasteiger partial charge on any atom is 0.0296 e. The Morgan fingerprint density at radius 1 is 0.221 bits per heavy atom. The second kappa shape index (κ2) is 13.3. The second-order valence-electron chi connectivity index (χ2n) is 20.4. The molecule has 68 heavy (non-hydrogen) atoms. The minimum atomic E-state index is -0.0519. The van der Waals surface area contributed by atoms with Crippen molar-refractivity contribution in [1.82, 2.24) is 0 Å². The number of fused-ring (bicyclic) bond motifs is 23. The fraction of sp³-hybridized carbons (Fsp3) is 0.0882. The van der Waals surface area contributed by atoms with E-state index in [2.05, 4.69) is 218 Å². The standard InChI is InChI=1S/C68H44/c1-2-14-46-38-67(37-45(46)13-1)61-23-11-9-19-53(61)55-31-27-43(35-63(55)67)41-25-29-51-49-17-5-8-22-58(49)66-60-34-42(26-30-52(60)50-18-6-7-21-57(50)65(66)59(51)33-41)44-28-32-56-54-20-10-12-24-62(54)68(64(56)36-44)39-47-15-3-4-16-48(47)40-68/h1-36H,37-40H2. The molecule has 0 amide bonds. The molecule has 0 radical (unpaired) electrons. The summed E-state index contributed by atoms with van der Waals surface area (Å²) in [5.41, 5.74) is 22.4. The smallest absolute Gasteiger partial charge is 0.0296 e. The van der Waals surface area contributed by atoms with Gasteiger partial charge in [0.15, 0.2) is 0 Å². The Morgan fingerprint density at radius 2 is 0.529 bits per heavy atom. The minimum absolute atomic E-state index is 0.0519. The highest BCUT2D eigenvalue weighted by Gasteiger charge is 2.48. The quantitative estimate of drug-likeness (QED) is 0.152. The highest BCUT2D eigenvalue weighted by atomic mass is 14.5. The zero-order valence-electron chi connectivity index (χ0n) is 37.6. The maximum absolute atomic E-state index is 2.55. The van der Waals surface area contributed by atoms with E-state index >= 15 is 0 Å². The highest BCUT2D eigenvalue weighted by molar-refractivity contribution is 6.39. The van der Waals surface area contributed by atoms with Crippen LogP contribution in [0, 0.1) is 0 Å². The average Bonchev–Trinajstić information content (AvgIpc) is 4.14. The molecule has 12 aromatic rings. The van der Waals surface area contributed by atoms with Gasteiger partial charge in [-0.1, -0.05) is 194 Å². The molecule has 0 unspecified atom stereocenters. The first-order chi connectivity index (χ1) is 33.6.